The summed E-state index contributed by atoms with van der Waals surface area (Å²) in [6.07, 6.45) is 1.66. The summed E-state index contributed by atoms with van der Waals surface area (Å²) in [5, 5.41) is 2.11. The zero-order valence-corrected chi connectivity index (χ0v) is 12.5. The van der Waals surface area contributed by atoms with Crippen molar-refractivity contribution in [3.63, 3.8) is 0 Å². The van der Waals surface area contributed by atoms with Gasteiger partial charge >= 0.3 is 0 Å². The molecule has 0 radical (unpaired) electrons. The van der Waals surface area contributed by atoms with Gasteiger partial charge in [-0.2, -0.15) is 0 Å². The minimum absolute atomic E-state index is 0.0854. The van der Waals surface area contributed by atoms with Gasteiger partial charge in [0.25, 0.3) is 0 Å². The average Bonchev–Trinajstić information content (AvgIpc) is 2.90. The van der Waals surface area contributed by atoms with Crippen molar-refractivity contribution in [2.45, 2.75) is 40.2 Å². The van der Waals surface area contributed by atoms with Crippen molar-refractivity contribution in [1.82, 2.24) is 4.57 Å². The van der Waals surface area contributed by atoms with Crippen LogP contribution < -0.4 is 0 Å². The van der Waals surface area contributed by atoms with Crippen molar-refractivity contribution in [3.05, 3.63) is 45.4 Å². The highest BCUT2D eigenvalue weighted by Crippen LogP contribution is 2.36. The summed E-state index contributed by atoms with van der Waals surface area (Å²) in [5.41, 5.74) is 3.47. The third kappa shape index (κ3) is 2.27. The van der Waals surface area contributed by atoms with Gasteiger partial charge in [-0.25, -0.2) is 0 Å². The van der Waals surface area contributed by atoms with E-state index in [0.717, 1.165) is 18.5 Å². The second-order valence-corrected chi connectivity index (χ2v) is 7.28. The lowest BCUT2D eigenvalue weighted by Crippen LogP contribution is -2.28. The number of Topliss-reactive ketones (excluding diaryl/α,β-unsaturated/α-hetero) is 1. The molecule has 0 atom stereocenters. The van der Waals surface area contributed by atoms with E-state index in [1.165, 1.54) is 16.3 Å². The van der Waals surface area contributed by atoms with E-state index in [4.69, 9.17) is 0 Å². The topological polar surface area (TPSA) is 22.0 Å². The Labute approximate surface area is 118 Å². The monoisotopic (exact) mass is 273 g/mol. The number of hydrogen-bond donors (Lipinski definition) is 0. The molecule has 2 aromatic heterocycles. The van der Waals surface area contributed by atoms with Crippen LogP contribution in [0.15, 0.2) is 23.6 Å². The van der Waals surface area contributed by atoms with Crippen molar-refractivity contribution < 1.29 is 4.79 Å². The number of thiophene rings is 1. The quantitative estimate of drug-likeness (QED) is 0.808. The molecule has 100 valence electrons. The van der Waals surface area contributed by atoms with E-state index >= 15 is 0 Å². The zero-order chi connectivity index (χ0) is 13.6. The molecule has 0 aliphatic heterocycles. The molecule has 0 amide bonds. The molecule has 0 saturated carbocycles. The predicted molar refractivity (Wildman–Crippen MR) is 79.0 cm³/mol. The van der Waals surface area contributed by atoms with Crippen LogP contribution >= 0.6 is 11.3 Å². The molecule has 3 heteroatoms. The smallest absolute Gasteiger partial charge is 0.165 e. The van der Waals surface area contributed by atoms with Crippen LogP contribution in [0.25, 0.3) is 0 Å². The lowest BCUT2D eigenvalue weighted by atomic mass is 9.76. The lowest BCUT2D eigenvalue weighted by Gasteiger charge is -2.29. The van der Waals surface area contributed by atoms with Gasteiger partial charge in [0, 0.05) is 28.2 Å². The highest BCUT2D eigenvalue weighted by Gasteiger charge is 2.33. The summed E-state index contributed by atoms with van der Waals surface area (Å²) in [7, 11) is 0. The molecule has 2 heterocycles. The predicted octanol–water partition coefficient (Wildman–Crippen LogP) is 4.06. The molecule has 0 unspecified atom stereocenters. The maximum atomic E-state index is 12.3. The molecule has 0 fully saturated rings. The lowest BCUT2D eigenvalue weighted by molar-refractivity contribution is 0.0910. The van der Waals surface area contributed by atoms with Crippen molar-refractivity contribution in [2.75, 3.05) is 0 Å². The molecule has 19 heavy (non-hydrogen) atoms. The Hall–Kier alpha value is -1.35. The number of fused-ring (bicyclic) bond motifs is 1. The van der Waals surface area contributed by atoms with Crippen LogP contribution in [0.4, 0.5) is 0 Å². The zero-order valence-electron chi connectivity index (χ0n) is 11.7. The molecule has 1 aliphatic carbocycles. The van der Waals surface area contributed by atoms with Crippen molar-refractivity contribution in [1.29, 1.82) is 0 Å². The molecule has 0 spiro atoms. The van der Waals surface area contributed by atoms with Gasteiger partial charge in [-0.3, -0.25) is 4.79 Å². The van der Waals surface area contributed by atoms with Crippen LogP contribution in [0.3, 0.4) is 0 Å². The SMILES string of the molecule is Cc1cc2c(n1Cc1cccs1)CC(C)(C)CC2=O. The first-order chi connectivity index (χ1) is 8.96. The third-order valence-electron chi connectivity index (χ3n) is 3.90. The van der Waals surface area contributed by atoms with E-state index in [9.17, 15) is 4.79 Å². The molecule has 3 rings (SSSR count). The molecule has 0 saturated heterocycles. The molecule has 0 bridgehead atoms. The summed E-state index contributed by atoms with van der Waals surface area (Å²) in [5.74, 6) is 0.305. The van der Waals surface area contributed by atoms with Crippen molar-refractivity contribution >= 4 is 17.1 Å². The number of carbonyl (C=O) groups is 1. The Balaban J connectivity index is 2.04. The first-order valence-electron chi connectivity index (χ1n) is 6.71. The first-order valence-corrected chi connectivity index (χ1v) is 7.59. The fourth-order valence-corrected chi connectivity index (χ4v) is 3.68. The Morgan fingerprint density at radius 1 is 1.37 bits per heavy atom. The molecular weight excluding hydrogens is 254 g/mol. The van der Waals surface area contributed by atoms with E-state index in [1.807, 2.05) is 0 Å². The van der Waals surface area contributed by atoms with Crippen LogP contribution in [0.1, 0.15) is 46.9 Å². The highest BCUT2D eigenvalue weighted by atomic mass is 32.1. The third-order valence-corrected chi connectivity index (χ3v) is 4.76. The largest absolute Gasteiger partial charge is 0.343 e. The fourth-order valence-electron chi connectivity index (χ4n) is 2.98. The second kappa shape index (κ2) is 4.34. The van der Waals surface area contributed by atoms with Crippen LogP contribution in [0.2, 0.25) is 0 Å². The summed E-state index contributed by atoms with van der Waals surface area (Å²) in [6.45, 7) is 7.37. The Morgan fingerprint density at radius 3 is 2.84 bits per heavy atom. The first kappa shape index (κ1) is 12.7. The molecule has 0 N–H and O–H groups in total. The second-order valence-electron chi connectivity index (χ2n) is 6.25. The molecule has 1 aliphatic rings. The molecule has 0 aromatic carbocycles. The van der Waals surface area contributed by atoms with Crippen LogP contribution in [0.5, 0.6) is 0 Å². The minimum atomic E-state index is 0.0854. The van der Waals surface area contributed by atoms with Crippen LogP contribution in [-0.2, 0) is 13.0 Å². The van der Waals surface area contributed by atoms with Gasteiger partial charge in [0.15, 0.2) is 5.78 Å². The molecule has 2 nitrogen and oxygen atoms in total. The van der Waals surface area contributed by atoms with E-state index in [0.29, 0.717) is 12.2 Å². The highest BCUT2D eigenvalue weighted by molar-refractivity contribution is 7.09. The van der Waals surface area contributed by atoms with Gasteiger partial charge in [0.05, 0.1) is 6.54 Å². The van der Waals surface area contributed by atoms with Crippen molar-refractivity contribution in [3.8, 4) is 0 Å². The average molecular weight is 273 g/mol. The summed E-state index contributed by atoms with van der Waals surface area (Å²) in [4.78, 5) is 13.6. The van der Waals surface area contributed by atoms with Gasteiger partial charge in [0.2, 0.25) is 0 Å². The Kier molecular flexibility index (Phi) is 2.90. The normalized spacial score (nSPS) is 17.5. The van der Waals surface area contributed by atoms with Gasteiger partial charge < -0.3 is 4.57 Å². The van der Waals surface area contributed by atoms with E-state index in [-0.39, 0.29) is 5.41 Å². The van der Waals surface area contributed by atoms with E-state index < -0.39 is 0 Å². The number of carbonyl (C=O) groups excluding carboxylic acids is 1. The van der Waals surface area contributed by atoms with E-state index in [1.54, 1.807) is 11.3 Å². The number of hydrogen-bond acceptors (Lipinski definition) is 2. The summed E-state index contributed by atoms with van der Waals surface area (Å²) < 4.78 is 2.32. The Morgan fingerprint density at radius 2 is 2.16 bits per heavy atom. The fraction of sp³-hybridized carbons (Fsp3) is 0.438. The summed E-state index contributed by atoms with van der Waals surface area (Å²) in [6, 6.07) is 6.31. The number of nitrogens with zero attached hydrogens (tertiary/aromatic N) is 1. The van der Waals surface area contributed by atoms with Gasteiger partial charge in [-0.05, 0) is 36.3 Å². The van der Waals surface area contributed by atoms with Crippen LogP contribution in [-0.4, -0.2) is 10.4 Å². The maximum Gasteiger partial charge on any atom is 0.165 e. The number of ketones is 1. The van der Waals surface area contributed by atoms with Gasteiger partial charge in [-0.15, -0.1) is 11.3 Å². The maximum absolute atomic E-state index is 12.3. The number of aromatic nitrogens is 1. The molecule has 2 aromatic rings. The molecular formula is C16H19NOS. The van der Waals surface area contributed by atoms with Crippen LogP contribution in [0, 0.1) is 12.3 Å². The Bertz CT molecular complexity index is 619. The van der Waals surface area contributed by atoms with Gasteiger partial charge in [-0.1, -0.05) is 19.9 Å². The summed E-state index contributed by atoms with van der Waals surface area (Å²) >= 11 is 1.78. The van der Waals surface area contributed by atoms with Gasteiger partial charge in [0.1, 0.15) is 0 Å². The van der Waals surface area contributed by atoms with E-state index in [2.05, 4.69) is 48.9 Å². The van der Waals surface area contributed by atoms with Crippen molar-refractivity contribution in [2.24, 2.45) is 5.41 Å². The number of aryl methyl sites for hydroxylation is 1. The number of rotatable bonds is 2. The standard InChI is InChI=1S/C16H19NOS/c1-11-7-13-14(8-16(2,3)9-15(13)18)17(11)10-12-5-4-6-19-12/h4-7H,8-10H2,1-3H3. The minimum Gasteiger partial charge on any atom is -0.343 e.